The van der Waals surface area contributed by atoms with Gasteiger partial charge in [0.1, 0.15) is 0 Å². The van der Waals surface area contributed by atoms with Crippen molar-refractivity contribution < 1.29 is 4.74 Å². The van der Waals surface area contributed by atoms with Gasteiger partial charge < -0.3 is 4.74 Å². The molecular weight excluding hydrogens is 242 g/mol. The highest BCUT2D eigenvalue weighted by atomic mass is 32.2. The quantitative estimate of drug-likeness (QED) is 0.575. The van der Waals surface area contributed by atoms with Crippen LogP contribution >= 0.6 is 23.3 Å². The van der Waals surface area contributed by atoms with Crippen LogP contribution in [0.25, 0.3) is 0 Å². The van der Waals surface area contributed by atoms with Crippen molar-refractivity contribution in [2.45, 2.75) is 31.4 Å². The van der Waals surface area contributed by atoms with Gasteiger partial charge in [0, 0.05) is 24.8 Å². The number of hydrogen-bond acceptors (Lipinski definition) is 4. The second kappa shape index (κ2) is 5.91. The van der Waals surface area contributed by atoms with Gasteiger partial charge in [-0.2, -0.15) is 16.1 Å². The molecule has 0 bridgehead atoms. The summed E-state index contributed by atoms with van der Waals surface area (Å²) in [5, 5.41) is 2.08. The van der Waals surface area contributed by atoms with Crippen LogP contribution in [-0.4, -0.2) is 25.3 Å². The van der Waals surface area contributed by atoms with Gasteiger partial charge in [-0.1, -0.05) is 19.6 Å². The van der Waals surface area contributed by atoms with E-state index in [-0.39, 0.29) is 0 Å². The van der Waals surface area contributed by atoms with Gasteiger partial charge in [0.05, 0.1) is 7.11 Å². The second-order valence-electron chi connectivity index (χ2n) is 4.71. The molecule has 0 radical (unpaired) electrons. The molecular formula is C10H19NOS2Si. The lowest BCUT2D eigenvalue weighted by Gasteiger charge is -2.14. The number of ether oxygens (including phenoxy) is 1. The molecule has 86 valence electrons. The molecule has 1 rings (SSSR count). The third kappa shape index (κ3) is 5.04. The number of nitrogens with zero attached hydrogens (tertiary/aromatic N) is 1. The minimum atomic E-state index is -0.866. The van der Waals surface area contributed by atoms with Crippen LogP contribution in [0.2, 0.25) is 25.7 Å². The SMILES string of the molecule is COc1nscc1CSCC[Si](C)(C)C. The number of thioether (sulfide) groups is 1. The molecule has 0 aromatic carbocycles. The van der Waals surface area contributed by atoms with Crippen molar-refractivity contribution in [2.75, 3.05) is 12.9 Å². The van der Waals surface area contributed by atoms with E-state index in [0.29, 0.717) is 0 Å². The van der Waals surface area contributed by atoms with Crippen LogP contribution in [0.1, 0.15) is 5.56 Å². The van der Waals surface area contributed by atoms with Gasteiger partial charge in [0.15, 0.2) is 0 Å². The predicted octanol–water partition coefficient (Wildman–Crippen LogP) is 3.72. The highest BCUT2D eigenvalue weighted by Gasteiger charge is 2.12. The molecule has 1 heterocycles. The molecule has 0 aliphatic rings. The van der Waals surface area contributed by atoms with E-state index in [1.54, 1.807) is 7.11 Å². The maximum absolute atomic E-state index is 5.18. The van der Waals surface area contributed by atoms with Gasteiger partial charge in [-0.15, -0.1) is 0 Å². The molecule has 15 heavy (non-hydrogen) atoms. The molecule has 0 N–H and O–H groups in total. The summed E-state index contributed by atoms with van der Waals surface area (Å²) in [5.74, 6) is 3.10. The lowest BCUT2D eigenvalue weighted by molar-refractivity contribution is 0.399. The van der Waals surface area contributed by atoms with E-state index in [9.17, 15) is 0 Å². The summed E-state index contributed by atoms with van der Waals surface area (Å²) in [5.41, 5.74) is 1.24. The molecule has 1 aromatic rings. The first kappa shape index (κ1) is 13.1. The molecule has 0 saturated carbocycles. The molecule has 0 amide bonds. The van der Waals surface area contributed by atoms with Crippen molar-refractivity contribution in [3.63, 3.8) is 0 Å². The van der Waals surface area contributed by atoms with E-state index in [2.05, 4.69) is 29.4 Å². The topological polar surface area (TPSA) is 22.1 Å². The molecule has 1 aromatic heterocycles. The number of methoxy groups -OCH3 is 1. The monoisotopic (exact) mass is 261 g/mol. The highest BCUT2D eigenvalue weighted by Crippen LogP contribution is 2.25. The van der Waals surface area contributed by atoms with Gasteiger partial charge >= 0.3 is 0 Å². The maximum Gasteiger partial charge on any atom is 0.228 e. The zero-order valence-corrected chi connectivity index (χ0v) is 12.5. The van der Waals surface area contributed by atoms with Crippen LogP contribution in [0, 0.1) is 0 Å². The Hall–Kier alpha value is -0.00312. The molecule has 0 unspecified atom stereocenters. The Morgan fingerprint density at radius 1 is 1.47 bits per heavy atom. The Morgan fingerprint density at radius 2 is 2.20 bits per heavy atom. The minimum absolute atomic E-state index is 0.806. The lowest BCUT2D eigenvalue weighted by Crippen LogP contribution is -2.19. The molecule has 0 aliphatic heterocycles. The Labute approximate surface area is 102 Å². The fraction of sp³-hybridized carbons (Fsp3) is 0.700. The summed E-state index contributed by atoms with van der Waals surface area (Å²) in [7, 11) is 0.820. The number of aromatic nitrogens is 1. The van der Waals surface area contributed by atoms with Crippen molar-refractivity contribution in [1.82, 2.24) is 4.37 Å². The number of rotatable bonds is 6. The van der Waals surface area contributed by atoms with E-state index in [1.807, 2.05) is 11.8 Å². The second-order valence-corrected chi connectivity index (χ2v) is 12.1. The first-order valence-corrected chi connectivity index (χ1v) is 10.8. The van der Waals surface area contributed by atoms with Gasteiger partial charge in [-0.3, -0.25) is 0 Å². The molecule has 0 spiro atoms. The average molecular weight is 261 g/mol. The molecule has 0 saturated heterocycles. The van der Waals surface area contributed by atoms with Crippen LogP contribution in [0.5, 0.6) is 5.88 Å². The van der Waals surface area contributed by atoms with Crippen LogP contribution < -0.4 is 4.74 Å². The van der Waals surface area contributed by atoms with Crippen molar-refractivity contribution in [1.29, 1.82) is 0 Å². The average Bonchev–Trinajstić information content (AvgIpc) is 2.58. The zero-order chi connectivity index (χ0) is 11.3. The van der Waals surface area contributed by atoms with E-state index < -0.39 is 8.07 Å². The maximum atomic E-state index is 5.18. The van der Waals surface area contributed by atoms with E-state index in [0.717, 1.165) is 11.6 Å². The first-order chi connectivity index (χ1) is 7.03. The van der Waals surface area contributed by atoms with Crippen LogP contribution in [0.4, 0.5) is 0 Å². The van der Waals surface area contributed by atoms with E-state index in [4.69, 9.17) is 4.74 Å². The molecule has 5 heteroatoms. The molecule has 0 atom stereocenters. The third-order valence-electron chi connectivity index (χ3n) is 2.05. The third-order valence-corrected chi connectivity index (χ3v) is 5.83. The van der Waals surface area contributed by atoms with Crippen molar-refractivity contribution in [3.05, 3.63) is 10.9 Å². The van der Waals surface area contributed by atoms with Crippen molar-refractivity contribution >= 4 is 31.4 Å². The molecule has 0 aliphatic carbocycles. The summed E-state index contributed by atoms with van der Waals surface area (Å²) in [6.45, 7) is 7.25. The Bertz CT molecular complexity index is 296. The summed E-state index contributed by atoms with van der Waals surface area (Å²) >= 11 is 3.46. The highest BCUT2D eigenvalue weighted by molar-refractivity contribution is 7.98. The van der Waals surface area contributed by atoms with Gasteiger partial charge in [0.2, 0.25) is 5.88 Å². The summed E-state index contributed by atoms with van der Waals surface area (Å²) in [4.78, 5) is 0. The van der Waals surface area contributed by atoms with Gasteiger partial charge in [0.25, 0.3) is 0 Å². The Balaban J connectivity index is 2.26. The number of hydrogen-bond donors (Lipinski definition) is 0. The van der Waals surface area contributed by atoms with Gasteiger partial charge in [-0.05, 0) is 23.3 Å². The van der Waals surface area contributed by atoms with E-state index in [1.165, 1.54) is 28.9 Å². The van der Waals surface area contributed by atoms with Crippen molar-refractivity contribution in [2.24, 2.45) is 0 Å². The zero-order valence-electron chi connectivity index (χ0n) is 9.87. The predicted molar refractivity (Wildman–Crippen MR) is 73.0 cm³/mol. The first-order valence-electron chi connectivity index (χ1n) is 5.08. The summed E-state index contributed by atoms with van der Waals surface area (Å²) in [6, 6.07) is 1.39. The Kier molecular flexibility index (Phi) is 5.15. The standard InChI is InChI=1S/C10H19NOS2Si/c1-12-10-9(8-14-11-10)7-13-5-6-15(2,3)4/h8H,5-7H2,1-4H3. The molecule has 0 fully saturated rings. The van der Waals surface area contributed by atoms with E-state index >= 15 is 0 Å². The fourth-order valence-electron chi connectivity index (χ4n) is 1.07. The summed E-state index contributed by atoms with van der Waals surface area (Å²) < 4.78 is 9.35. The van der Waals surface area contributed by atoms with Crippen molar-refractivity contribution in [3.8, 4) is 5.88 Å². The fourth-order valence-corrected chi connectivity index (χ4v) is 5.43. The summed E-state index contributed by atoms with van der Waals surface area (Å²) in [6.07, 6.45) is 0. The lowest BCUT2D eigenvalue weighted by atomic mass is 10.4. The minimum Gasteiger partial charge on any atom is -0.480 e. The smallest absolute Gasteiger partial charge is 0.228 e. The van der Waals surface area contributed by atoms with Crippen LogP contribution in [0.15, 0.2) is 5.38 Å². The van der Waals surface area contributed by atoms with Gasteiger partial charge in [-0.25, -0.2) is 0 Å². The normalized spacial score (nSPS) is 11.7. The largest absolute Gasteiger partial charge is 0.480 e. The van der Waals surface area contributed by atoms with Crippen LogP contribution in [0.3, 0.4) is 0 Å². The Morgan fingerprint density at radius 3 is 2.80 bits per heavy atom. The molecule has 2 nitrogen and oxygen atoms in total. The van der Waals surface area contributed by atoms with Crippen LogP contribution in [-0.2, 0) is 5.75 Å².